The van der Waals surface area contributed by atoms with Gasteiger partial charge < -0.3 is 0 Å². The van der Waals surface area contributed by atoms with Crippen LogP contribution in [-0.4, -0.2) is 20.2 Å². The maximum Gasteiger partial charge on any atom is 0.263 e. The highest BCUT2D eigenvalue weighted by molar-refractivity contribution is 5.24. The van der Waals surface area contributed by atoms with Crippen LogP contribution < -0.4 is 0 Å². The van der Waals surface area contributed by atoms with E-state index in [0.29, 0.717) is 12.4 Å². The second-order valence-electron chi connectivity index (χ2n) is 3.43. The van der Waals surface area contributed by atoms with E-state index in [4.69, 9.17) is 0 Å². The van der Waals surface area contributed by atoms with Gasteiger partial charge in [-0.2, -0.15) is 0 Å². The summed E-state index contributed by atoms with van der Waals surface area (Å²) in [4.78, 5) is 0. The van der Waals surface area contributed by atoms with Gasteiger partial charge in [-0.15, -0.1) is 5.10 Å². The van der Waals surface area contributed by atoms with Gasteiger partial charge in [0.1, 0.15) is 5.82 Å². The zero-order chi connectivity index (χ0) is 11.5. The zero-order valence-corrected chi connectivity index (χ0v) is 8.64. The summed E-state index contributed by atoms with van der Waals surface area (Å²) < 4.78 is 26.5. The zero-order valence-electron chi connectivity index (χ0n) is 8.64. The van der Waals surface area contributed by atoms with E-state index in [2.05, 4.69) is 15.5 Å². The summed E-state index contributed by atoms with van der Waals surface area (Å²) in [6.07, 6.45) is -2.45. The van der Waals surface area contributed by atoms with Crippen molar-refractivity contribution in [3.63, 3.8) is 0 Å². The normalized spacial score (nSPS) is 11.0. The number of aryl methyl sites for hydroxylation is 1. The van der Waals surface area contributed by atoms with Gasteiger partial charge in [0, 0.05) is 5.56 Å². The first kappa shape index (κ1) is 10.7. The lowest BCUT2D eigenvalue weighted by molar-refractivity contribution is 0.151. The Kier molecular flexibility index (Phi) is 2.89. The van der Waals surface area contributed by atoms with Crippen LogP contribution >= 0.6 is 0 Å². The van der Waals surface area contributed by atoms with Crippen LogP contribution in [0.4, 0.5) is 8.78 Å². The number of hydrogen-bond donors (Lipinski definition) is 0. The van der Waals surface area contributed by atoms with Crippen LogP contribution in [0.3, 0.4) is 0 Å². The molecule has 0 aliphatic heterocycles. The fraction of sp³-hybridized carbons (Fsp3) is 0.300. The van der Waals surface area contributed by atoms with E-state index in [1.165, 1.54) is 12.1 Å². The third kappa shape index (κ3) is 2.21. The van der Waals surface area contributed by atoms with Crippen molar-refractivity contribution in [2.24, 2.45) is 0 Å². The van der Waals surface area contributed by atoms with Gasteiger partial charge in [-0.25, -0.2) is 13.5 Å². The maximum atomic E-state index is 12.5. The molecule has 0 bridgehead atoms. The van der Waals surface area contributed by atoms with Gasteiger partial charge in [-0.3, -0.25) is 0 Å². The lowest BCUT2D eigenvalue weighted by Gasteiger charge is -2.04. The molecule has 2 aromatic rings. The summed E-state index contributed by atoms with van der Waals surface area (Å²) in [5.41, 5.74) is 0.774. The lowest BCUT2D eigenvalue weighted by atomic mass is 10.1. The highest BCUT2D eigenvalue weighted by Gasteiger charge is 2.08. The van der Waals surface area contributed by atoms with Crippen LogP contribution in [0.1, 0.15) is 23.4 Å². The minimum Gasteiger partial charge on any atom is -0.225 e. The highest BCUT2D eigenvalue weighted by Crippen LogP contribution is 2.19. The molecule has 0 fully saturated rings. The molecular weight excluding hydrogens is 214 g/mol. The van der Waals surface area contributed by atoms with Crippen molar-refractivity contribution in [3.05, 3.63) is 41.2 Å². The minimum absolute atomic E-state index is 0.0169. The molecule has 0 saturated heterocycles. The molecule has 0 unspecified atom stereocenters. The molecule has 1 heterocycles. The van der Waals surface area contributed by atoms with Crippen LogP contribution in [0.25, 0.3) is 0 Å². The van der Waals surface area contributed by atoms with Crippen molar-refractivity contribution in [1.29, 1.82) is 0 Å². The van der Waals surface area contributed by atoms with E-state index in [9.17, 15) is 8.78 Å². The third-order valence-corrected chi connectivity index (χ3v) is 2.25. The third-order valence-electron chi connectivity index (χ3n) is 2.25. The predicted octanol–water partition coefficient (Wildman–Crippen LogP) is 1.97. The van der Waals surface area contributed by atoms with E-state index in [1.54, 1.807) is 23.7 Å². The Labute approximate surface area is 90.9 Å². The molecule has 84 valence electrons. The minimum atomic E-state index is -2.45. The van der Waals surface area contributed by atoms with Crippen molar-refractivity contribution in [3.8, 4) is 0 Å². The van der Waals surface area contributed by atoms with Gasteiger partial charge in [0.15, 0.2) is 0 Å². The van der Waals surface area contributed by atoms with E-state index in [0.717, 1.165) is 5.56 Å². The van der Waals surface area contributed by atoms with Gasteiger partial charge in [-0.05, 0) is 29.0 Å². The number of benzene rings is 1. The maximum absolute atomic E-state index is 12.5. The second-order valence-corrected chi connectivity index (χ2v) is 3.43. The number of halogens is 2. The summed E-state index contributed by atoms with van der Waals surface area (Å²) in [5.74, 6) is 0.655. The molecule has 16 heavy (non-hydrogen) atoms. The first-order valence-electron chi connectivity index (χ1n) is 4.76. The Balaban J connectivity index is 2.22. The molecule has 0 aliphatic rings. The molecule has 1 aromatic carbocycles. The predicted molar refractivity (Wildman–Crippen MR) is 53.1 cm³/mol. The van der Waals surface area contributed by atoms with Gasteiger partial charge in [-0.1, -0.05) is 18.2 Å². The quantitative estimate of drug-likeness (QED) is 0.800. The number of rotatable bonds is 3. The van der Waals surface area contributed by atoms with E-state index in [1.807, 2.05) is 0 Å². The Morgan fingerprint density at radius 1 is 1.38 bits per heavy atom. The smallest absolute Gasteiger partial charge is 0.225 e. The van der Waals surface area contributed by atoms with Gasteiger partial charge in [0.2, 0.25) is 0 Å². The van der Waals surface area contributed by atoms with E-state index < -0.39 is 6.43 Å². The van der Waals surface area contributed by atoms with Gasteiger partial charge in [0.05, 0.1) is 6.54 Å². The molecule has 0 amide bonds. The van der Waals surface area contributed by atoms with Gasteiger partial charge in [0.25, 0.3) is 6.43 Å². The molecule has 0 saturated carbocycles. The lowest BCUT2D eigenvalue weighted by Crippen LogP contribution is -2.04. The van der Waals surface area contributed by atoms with Crippen LogP contribution in [0, 0.1) is 6.92 Å². The van der Waals surface area contributed by atoms with Gasteiger partial charge >= 0.3 is 0 Å². The van der Waals surface area contributed by atoms with Crippen molar-refractivity contribution in [2.45, 2.75) is 19.9 Å². The first-order chi connectivity index (χ1) is 7.66. The van der Waals surface area contributed by atoms with Crippen molar-refractivity contribution >= 4 is 0 Å². The van der Waals surface area contributed by atoms with Crippen molar-refractivity contribution in [2.75, 3.05) is 0 Å². The largest absolute Gasteiger partial charge is 0.263 e. The molecule has 4 nitrogen and oxygen atoms in total. The van der Waals surface area contributed by atoms with Crippen molar-refractivity contribution in [1.82, 2.24) is 20.2 Å². The molecule has 0 atom stereocenters. The monoisotopic (exact) mass is 224 g/mol. The van der Waals surface area contributed by atoms with Crippen LogP contribution in [0.15, 0.2) is 24.3 Å². The Morgan fingerprint density at radius 3 is 2.81 bits per heavy atom. The molecule has 6 heteroatoms. The molecule has 2 rings (SSSR count). The fourth-order valence-electron chi connectivity index (χ4n) is 1.40. The number of hydrogen-bond acceptors (Lipinski definition) is 3. The average molecular weight is 224 g/mol. The molecule has 0 N–H and O–H groups in total. The highest BCUT2D eigenvalue weighted by atomic mass is 19.3. The summed E-state index contributed by atoms with van der Waals surface area (Å²) in [7, 11) is 0. The SMILES string of the molecule is Cc1nnnn1Cc1cccc(C(F)F)c1. The second kappa shape index (κ2) is 4.34. The molecule has 0 aliphatic carbocycles. The van der Waals surface area contributed by atoms with E-state index >= 15 is 0 Å². The standard InChI is InChI=1S/C10H10F2N4/c1-7-13-14-15-16(7)6-8-3-2-4-9(5-8)10(11)12/h2-5,10H,6H2,1H3. The molecular formula is C10H10F2N4. The number of tetrazole rings is 1. The first-order valence-corrected chi connectivity index (χ1v) is 4.76. The topological polar surface area (TPSA) is 43.6 Å². The van der Waals surface area contributed by atoms with Crippen LogP contribution in [-0.2, 0) is 6.54 Å². The Morgan fingerprint density at radius 2 is 2.19 bits per heavy atom. The number of nitrogens with zero attached hydrogens (tertiary/aromatic N) is 4. The number of aromatic nitrogens is 4. The average Bonchev–Trinajstić information content (AvgIpc) is 2.65. The summed E-state index contributed by atoms with van der Waals surface area (Å²) in [5, 5.41) is 11.0. The fourth-order valence-corrected chi connectivity index (χ4v) is 1.40. The Hall–Kier alpha value is -1.85. The van der Waals surface area contributed by atoms with Crippen LogP contribution in [0.5, 0.6) is 0 Å². The molecule has 1 aromatic heterocycles. The molecule has 0 spiro atoms. The Bertz CT molecular complexity index is 481. The molecule has 0 radical (unpaired) electrons. The summed E-state index contributed by atoms with van der Waals surface area (Å²) >= 11 is 0. The van der Waals surface area contributed by atoms with Crippen molar-refractivity contribution < 1.29 is 8.78 Å². The summed E-state index contributed by atoms with van der Waals surface area (Å²) in [6, 6.07) is 6.25. The van der Waals surface area contributed by atoms with E-state index in [-0.39, 0.29) is 5.56 Å². The summed E-state index contributed by atoms with van der Waals surface area (Å²) in [6.45, 7) is 2.16. The number of alkyl halides is 2. The van der Waals surface area contributed by atoms with Crippen LogP contribution in [0.2, 0.25) is 0 Å².